The summed E-state index contributed by atoms with van der Waals surface area (Å²) in [5.74, 6) is -0.125. The molecule has 1 aliphatic heterocycles. The van der Waals surface area contributed by atoms with Gasteiger partial charge in [0.05, 0.1) is 11.6 Å². The maximum atomic E-state index is 13.2. The van der Waals surface area contributed by atoms with Crippen molar-refractivity contribution in [2.45, 2.75) is 39.4 Å². The molecule has 0 radical (unpaired) electrons. The zero-order chi connectivity index (χ0) is 19.6. The average molecular weight is 361 g/mol. The first kappa shape index (κ1) is 18.7. The molecular formula is C22H23N3O2. The molecule has 0 aromatic heterocycles. The van der Waals surface area contributed by atoms with Gasteiger partial charge in [0.2, 0.25) is 5.91 Å². The fourth-order valence-corrected chi connectivity index (χ4v) is 3.32. The van der Waals surface area contributed by atoms with Crippen LogP contribution >= 0.6 is 0 Å². The van der Waals surface area contributed by atoms with E-state index in [0.29, 0.717) is 12.1 Å². The summed E-state index contributed by atoms with van der Waals surface area (Å²) in [6.45, 7) is 6.27. The minimum Gasteiger partial charge on any atom is -0.329 e. The van der Waals surface area contributed by atoms with Crippen LogP contribution in [-0.4, -0.2) is 34.2 Å². The largest absolute Gasteiger partial charge is 0.329 e. The van der Waals surface area contributed by atoms with Crippen molar-refractivity contribution < 1.29 is 9.59 Å². The molecule has 0 spiro atoms. The Morgan fingerprint density at radius 2 is 1.70 bits per heavy atom. The molecule has 1 unspecified atom stereocenters. The topological polar surface area (TPSA) is 64.4 Å². The van der Waals surface area contributed by atoms with Crippen LogP contribution in [0, 0.1) is 18.3 Å². The van der Waals surface area contributed by atoms with E-state index in [-0.39, 0.29) is 24.4 Å². The van der Waals surface area contributed by atoms with Crippen molar-refractivity contribution in [2.75, 3.05) is 6.54 Å². The predicted octanol–water partition coefficient (Wildman–Crippen LogP) is 3.19. The van der Waals surface area contributed by atoms with Crippen LogP contribution in [0.4, 0.5) is 0 Å². The maximum Gasteiger partial charge on any atom is 0.250 e. The molecule has 0 bridgehead atoms. The highest BCUT2D eigenvalue weighted by Crippen LogP contribution is 2.30. The number of carbonyl (C=O) groups is 2. The van der Waals surface area contributed by atoms with E-state index >= 15 is 0 Å². The first-order valence-electron chi connectivity index (χ1n) is 9.06. The lowest BCUT2D eigenvalue weighted by molar-refractivity contribution is -0.158. The van der Waals surface area contributed by atoms with Gasteiger partial charge < -0.3 is 9.80 Å². The Kier molecular flexibility index (Phi) is 5.27. The van der Waals surface area contributed by atoms with Gasteiger partial charge in [0.15, 0.2) is 0 Å². The van der Waals surface area contributed by atoms with Gasteiger partial charge in [-0.25, -0.2) is 0 Å². The highest BCUT2D eigenvalue weighted by atomic mass is 16.2. The standard InChI is InChI=1S/C22H23N3O2/c1-15(2)24-14-20(26)25(13-18-8-6-17(12-23)7-9-18)21(22(24)27)19-10-4-16(3)5-11-19/h4-11,15,21H,13-14H2,1-3H3. The molecule has 5 nitrogen and oxygen atoms in total. The minimum absolute atomic E-state index is 0.0357. The van der Waals surface area contributed by atoms with E-state index in [0.717, 1.165) is 16.7 Å². The number of hydrogen-bond acceptors (Lipinski definition) is 3. The molecular weight excluding hydrogens is 338 g/mol. The number of rotatable bonds is 4. The second kappa shape index (κ2) is 7.63. The Hall–Kier alpha value is -3.13. The van der Waals surface area contributed by atoms with Gasteiger partial charge in [-0.05, 0) is 44.0 Å². The van der Waals surface area contributed by atoms with Crippen molar-refractivity contribution in [3.63, 3.8) is 0 Å². The number of nitrogens with zero attached hydrogens (tertiary/aromatic N) is 3. The molecule has 5 heteroatoms. The summed E-state index contributed by atoms with van der Waals surface area (Å²) in [6, 6.07) is 16.3. The molecule has 2 aromatic carbocycles. The summed E-state index contributed by atoms with van der Waals surface area (Å²) in [5, 5.41) is 8.96. The Bertz CT molecular complexity index is 879. The fourth-order valence-electron chi connectivity index (χ4n) is 3.32. The van der Waals surface area contributed by atoms with E-state index in [2.05, 4.69) is 6.07 Å². The van der Waals surface area contributed by atoms with E-state index in [1.807, 2.05) is 57.2 Å². The summed E-state index contributed by atoms with van der Waals surface area (Å²) < 4.78 is 0. The van der Waals surface area contributed by atoms with Gasteiger partial charge in [0.1, 0.15) is 12.6 Å². The van der Waals surface area contributed by atoms with Crippen LogP contribution in [0.1, 0.15) is 42.1 Å². The van der Waals surface area contributed by atoms with Crippen molar-refractivity contribution in [3.05, 3.63) is 70.8 Å². The molecule has 2 amide bonds. The lowest BCUT2D eigenvalue weighted by atomic mass is 9.98. The van der Waals surface area contributed by atoms with Crippen LogP contribution < -0.4 is 0 Å². The number of carbonyl (C=O) groups excluding carboxylic acids is 2. The van der Waals surface area contributed by atoms with E-state index in [9.17, 15) is 9.59 Å². The van der Waals surface area contributed by atoms with Gasteiger partial charge in [0, 0.05) is 12.6 Å². The molecule has 1 heterocycles. The molecule has 1 atom stereocenters. The molecule has 1 saturated heterocycles. The molecule has 2 aromatic rings. The number of benzene rings is 2. The van der Waals surface area contributed by atoms with Gasteiger partial charge in [-0.15, -0.1) is 0 Å². The Morgan fingerprint density at radius 3 is 2.26 bits per heavy atom. The van der Waals surface area contributed by atoms with E-state index < -0.39 is 6.04 Å². The van der Waals surface area contributed by atoms with Gasteiger partial charge in [0.25, 0.3) is 5.91 Å². The summed E-state index contributed by atoms with van der Waals surface area (Å²) in [6.07, 6.45) is 0. The lowest BCUT2D eigenvalue weighted by Crippen LogP contribution is -2.56. The van der Waals surface area contributed by atoms with Gasteiger partial charge in [-0.3, -0.25) is 9.59 Å². The number of piperazine rings is 1. The first-order chi connectivity index (χ1) is 12.9. The molecule has 27 heavy (non-hydrogen) atoms. The first-order valence-corrected chi connectivity index (χ1v) is 9.06. The second-order valence-corrected chi connectivity index (χ2v) is 7.20. The van der Waals surface area contributed by atoms with E-state index in [1.54, 1.807) is 21.9 Å². The highest BCUT2D eigenvalue weighted by molar-refractivity contribution is 5.95. The van der Waals surface area contributed by atoms with Crippen molar-refractivity contribution >= 4 is 11.8 Å². The van der Waals surface area contributed by atoms with Crippen LogP contribution in [0.3, 0.4) is 0 Å². The Labute approximate surface area is 159 Å². The van der Waals surface area contributed by atoms with Gasteiger partial charge >= 0.3 is 0 Å². The van der Waals surface area contributed by atoms with Crippen molar-refractivity contribution in [1.82, 2.24) is 9.80 Å². The van der Waals surface area contributed by atoms with Crippen LogP contribution in [0.25, 0.3) is 0 Å². The third-order valence-corrected chi connectivity index (χ3v) is 4.91. The molecule has 138 valence electrons. The van der Waals surface area contributed by atoms with E-state index in [1.165, 1.54) is 0 Å². The molecule has 1 fully saturated rings. The van der Waals surface area contributed by atoms with Gasteiger partial charge in [-0.2, -0.15) is 5.26 Å². The average Bonchev–Trinajstić information content (AvgIpc) is 2.66. The third kappa shape index (κ3) is 3.85. The number of aryl methyl sites for hydroxylation is 1. The minimum atomic E-state index is -0.634. The van der Waals surface area contributed by atoms with Crippen molar-refractivity contribution in [3.8, 4) is 6.07 Å². The van der Waals surface area contributed by atoms with E-state index in [4.69, 9.17) is 5.26 Å². The Balaban J connectivity index is 1.97. The normalized spacial score (nSPS) is 17.4. The highest BCUT2D eigenvalue weighted by Gasteiger charge is 2.41. The Morgan fingerprint density at radius 1 is 1.07 bits per heavy atom. The fraction of sp³-hybridized carbons (Fsp3) is 0.318. The number of amides is 2. The molecule has 1 aliphatic rings. The molecule has 0 saturated carbocycles. The number of nitriles is 1. The maximum absolute atomic E-state index is 13.2. The van der Waals surface area contributed by atoms with Crippen LogP contribution in [0.5, 0.6) is 0 Å². The lowest BCUT2D eigenvalue weighted by Gasteiger charge is -2.42. The monoisotopic (exact) mass is 361 g/mol. The number of hydrogen-bond donors (Lipinski definition) is 0. The third-order valence-electron chi connectivity index (χ3n) is 4.91. The summed E-state index contributed by atoms with van der Waals surface area (Å²) in [7, 11) is 0. The zero-order valence-electron chi connectivity index (χ0n) is 15.8. The van der Waals surface area contributed by atoms with Crippen molar-refractivity contribution in [1.29, 1.82) is 5.26 Å². The zero-order valence-corrected chi connectivity index (χ0v) is 15.8. The van der Waals surface area contributed by atoms with Crippen LogP contribution in [-0.2, 0) is 16.1 Å². The summed E-state index contributed by atoms with van der Waals surface area (Å²) in [4.78, 5) is 29.4. The molecule has 3 rings (SSSR count). The molecule has 0 aliphatic carbocycles. The SMILES string of the molecule is Cc1ccc(C2C(=O)N(C(C)C)CC(=O)N2Cc2ccc(C#N)cc2)cc1. The quantitative estimate of drug-likeness (QED) is 0.840. The van der Waals surface area contributed by atoms with Crippen LogP contribution in [0.2, 0.25) is 0 Å². The summed E-state index contributed by atoms with van der Waals surface area (Å²) >= 11 is 0. The summed E-state index contributed by atoms with van der Waals surface area (Å²) in [5.41, 5.74) is 3.39. The van der Waals surface area contributed by atoms with Gasteiger partial charge in [-0.1, -0.05) is 42.0 Å². The smallest absolute Gasteiger partial charge is 0.250 e. The molecule has 0 N–H and O–H groups in total. The second-order valence-electron chi connectivity index (χ2n) is 7.20. The van der Waals surface area contributed by atoms with Crippen molar-refractivity contribution in [2.24, 2.45) is 0 Å². The predicted molar refractivity (Wildman–Crippen MR) is 102 cm³/mol. The van der Waals surface area contributed by atoms with Crippen LogP contribution in [0.15, 0.2) is 48.5 Å².